The number of thioether (sulfide) groups is 1. The quantitative estimate of drug-likeness (QED) is 0.621. The number of aliphatic hydroxyl groups excluding tert-OH is 1. The van der Waals surface area contributed by atoms with Crippen molar-refractivity contribution in [3.63, 3.8) is 0 Å². The standard InChI is InChI=1S/C13H19NO3S/c1-14-13(12(16)17,7-9-18-10-8-15)11-5-3-2-4-6-11/h2-6,14-15H,7-10H2,1H3,(H,16,17). The Morgan fingerprint density at radius 1 is 1.33 bits per heavy atom. The van der Waals surface area contributed by atoms with Crippen LogP contribution in [-0.2, 0) is 10.3 Å². The van der Waals surface area contributed by atoms with Gasteiger partial charge in [-0.3, -0.25) is 0 Å². The van der Waals surface area contributed by atoms with Gasteiger partial charge in [-0.25, -0.2) is 4.79 Å². The molecule has 0 aromatic heterocycles. The van der Waals surface area contributed by atoms with Gasteiger partial charge >= 0.3 is 5.97 Å². The van der Waals surface area contributed by atoms with Crippen molar-refractivity contribution in [1.82, 2.24) is 5.32 Å². The Kier molecular flexibility index (Phi) is 6.18. The zero-order chi connectivity index (χ0) is 13.4. The molecule has 0 saturated heterocycles. The Balaban J connectivity index is 2.85. The van der Waals surface area contributed by atoms with Crippen molar-refractivity contribution < 1.29 is 15.0 Å². The molecule has 0 aliphatic rings. The van der Waals surface area contributed by atoms with Gasteiger partial charge in [0.1, 0.15) is 5.54 Å². The molecule has 1 atom stereocenters. The predicted molar refractivity (Wildman–Crippen MR) is 73.8 cm³/mol. The molecule has 0 amide bonds. The maximum absolute atomic E-state index is 11.6. The summed E-state index contributed by atoms with van der Waals surface area (Å²) in [7, 11) is 1.66. The summed E-state index contributed by atoms with van der Waals surface area (Å²) in [5.41, 5.74) is -0.298. The molecule has 4 nitrogen and oxygen atoms in total. The number of carboxylic acid groups (broad SMARTS) is 1. The summed E-state index contributed by atoms with van der Waals surface area (Å²) in [6.45, 7) is 0.121. The maximum atomic E-state index is 11.6. The van der Waals surface area contributed by atoms with E-state index < -0.39 is 11.5 Å². The van der Waals surface area contributed by atoms with E-state index >= 15 is 0 Å². The van der Waals surface area contributed by atoms with E-state index in [1.165, 1.54) is 0 Å². The summed E-state index contributed by atoms with van der Waals surface area (Å²) < 4.78 is 0. The second kappa shape index (κ2) is 7.41. The van der Waals surface area contributed by atoms with Gasteiger partial charge in [0, 0.05) is 5.75 Å². The molecule has 1 rings (SSSR count). The number of hydrogen-bond donors (Lipinski definition) is 3. The molecule has 0 radical (unpaired) electrons. The molecule has 0 aliphatic heterocycles. The van der Waals surface area contributed by atoms with Crippen molar-refractivity contribution in [2.24, 2.45) is 0 Å². The van der Waals surface area contributed by atoms with Crippen molar-refractivity contribution in [3.05, 3.63) is 35.9 Å². The molecule has 1 aromatic rings. The number of aliphatic hydroxyl groups is 1. The highest BCUT2D eigenvalue weighted by Gasteiger charge is 2.38. The molecule has 0 spiro atoms. The van der Waals surface area contributed by atoms with E-state index in [0.29, 0.717) is 17.9 Å². The molecule has 1 unspecified atom stereocenters. The van der Waals surface area contributed by atoms with Gasteiger partial charge in [-0.2, -0.15) is 11.8 Å². The molecular formula is C13H19NO3S. The minimum atomic E-state index is -1.05. The zero-order valence-corrected chi connectivity index (χ0v) is 11.2. The number of likely N-dealkylation sites (N-methyl/N-ethyl adjacent to an activating group) is 1. The Morgan fingerprint density at radius 2 is 2.00 bits per heavy atom. The SMILES string of the molecule is CNC(CCSCCO)(C(=O)O)c1ccccc1. The van der Waals surface area contributed by atoms with Crippen LogP contribution in [0, 0.1) is 0 Å². The van der Waals surface area contributed by atoms with Gasteiger partial charge < -0.3 is 15.5 Å². The maximum Gasteiger partial charge on any atom is 0.328 e. The number of carbonyl (C=O) groups is 1. The third-order valence-corrected chi connectivity index (χ3v) is 3.88. The summed E-state index contributed by atoms with van der Waals surface area (Å²) in [4.78, 5) is 11.6. The average Bonchev–Trinajstić information content (AvgIpc) is 2.40. The van der Waals surface area contributed by atoms with E-state index in [-0.39, 0.29) is 6.61 Å². The number of carboxylic acids is 1. The summed E-state index contributed by atoms with van der Waals surface area (Å²) >= 11 is 1.55. The first-order valence-corrected chi connectivity index (χ1v) is 6.99. The van der Waals surface area contributed by atoms with Crippen LogP contribution >= 0.6 is 11.8 Å². The van der Waals surface area contributed by atoms with Crippen LogP contribution in [0.15, 0.2) is 30.3 Å². The first-order chi connectivity index (χ1) is 8.67. The highest BCUT2D eigenvalue weighted by atomic mass is 32.2. The zero-order valence-electron chi connectivity index (χ0n) is 10.4. The van der Waals surface area contributed by atoms with Crippen molar-refractivity contribution in [1.29, 1.82) is 0 Å². The highest BCUT2D eigenvalue weighted by Crippen LogP contribution is 2.27. The molecule has 0 fully saturated rings. The number of hydrogen-bond acceptors (Lipinski definition) is 4. The molecule has 3 N–H and O–H groups in total. The van der Waals surface area contributed by atoms with Gasteiger partial charge in [0.05, 0.1) is 6.61 Å². The lowest BCUT2D eigenvalue weighted by molar-refractivity contribution is -0.145. The molecule has 0 heterocycles. The highest BCUT2D eigenvalue weighted by molar-refractivity contribution is 7.99. The van der Waals surface area contributed by atoms with Gasteiger partial charge in [-0.05, 0) is 24.8 Å². The van der Waals surface area contributed by atoms with Gasteiger partial charge in [-0.15, -0.1) is 0 Å². The average molecular weight is 269 g/mol. The van der Waals surface area contributed by atoms with Crippen LogP contribution in [0.1, 0.15) is 12.0 Å². The van der Waals surface area contributed by atoms with Crippen LogP contribution < -0.4 is 5.32 Å². The molecular weight excluding hydrogens is 250 g/mol. The fraction of sp³-hybridized carbons (Fsp3) is 0.462. The van der Waals surface area contributed by atoms with Crippen LogP contribution in [0.4, 0.5) is 0 Å². The Bertz CT molecular complexity index is 372. The second-order valence-corrected chi connectivity index (χ2v) is 5.14. The van der Waals surface area contributed by atoms with Crippen LogP contribution in [-0.4, -0.2) is 41.3 Å². The first kappa shape index (κ1) is 15.0. The van der Waals surface area contributed by atoms with Crippen LogP contribution in [0.5, 0.6) is 0 Å². The molecule has 0 aliphatic carbocycles. The summed E-state index contributed by atoms with van der Waals surface area (Å²) in [5.74, 6) is 0.442. The van der Waals surface area contributed by atoms with E-state index in [9.17, 15) is 9.90 Å². The monoisotopic (exact) mass is 269 g/mol. The predicted octanol–water partition coefficient (Wildman–Crippen LogP) is 1.30. The van der Waals surface area contributed by atoms with E-state index in [1.54, 1.807) is 18.8 Å². The summed E-state index contributed by atoms with van der Waals surface area (Å²) in [5, 5.41) is 21.2. The van der Waals surface area contributed by atoms with Crippen molar-refractivity contribution >= 4 is 17.7 Å². The molecule has 5 heteroatoms. The largest absolute Gasteiger partial charge is 0.480 e. The van der Waals surface area contributed by atoms with Gasteiger partial charge in [-0.1, -0.05) is 30.3 Å². The normalized spacial score (nSPS) is 14.1. The molecule has 100 valence electrons. The number of rotatable bonds is 8. The van der Waals surface area contributed by atoms with Crippen LogP contribution in [0.2, 0.25) is 0 Å². The minimum Gasteiger partial charge on any atom is -0.480 e. The Hall–Kier alpha value is -1.04. The van der Waals surface area contributed by atoms with E-state index in [1.807, 2.05) is 30.3 Å². The van der Waals surface area contributed by atoms with Gasteiger partial charge in [0.25, 0.3) is 0 Å². The van der Waals surface area contributed by atoms with E-state index in [0.717, 1.165) is 5.56 Å². The number of aliphatic carboxylic acids is 1. The second-order valence-electron chi connectivity index (χ2n) is 3.91. The molecule has 18 heavy (non-hydrogen) atoms. The number of benzene rings is 1. The first-order valence-electron chi connectivity index (χ1n) is 5.84. The third kappa shape index (κ3) is 3.48. The lowest BCUT2D eigenvalue weighted by Crippen LogP contribution is -2.47. The fourth-order valence-corrected chi connectivity index (χ4v) is 2.65. The van der Waals surface area contributed by atoms with Crippen molar-refractivity contribution in [3.8, 4) is 0 Å². The minimum absolute atomic E-state index is 0.121. The smallest absolute Gasteiger partial charge is 0.328 e. The Labute approximate surface area is 111 Å². The molecule has 1 aromatic carbocycles. The van der Waals surface area contributed by atoms with Gasteiger partial charge in [0.2, 0.25) is 0 Å². The summed E-state index contributed by atoms with van der Waals surface area (Å²) in [6, 6.07) is 9.19. The van der Waals surface area contributed by atoms with Crippen molar-refractivity contribution in [2.45, 2.75) is 12.0 Å². The van der Waals surface area contributed by atoms with E-state index in [4.69, 9.17) is 5.11 Å². The molecule has 0 bridgehead atoms. The third-order valence-electron chi connectivity index (χ3n) is 2.92. The van der Waals surface area contributed by atoms with E-state index in [2.05, 4.69) is 5.32 Å². The van der Waals surface area contributed by atoms with Gasteiger partial charge in [0.15, 0.2) is 0 Å². The molecule has 0 saturated carbocycles. The Morgan fingerprint density at radius 3 is 2.50 bits per heavy atom. The topological polar surface area (TPSA) is 69.6 Å². The lowest BCUT2D eigenvalue weighted by atomic mass is 9.87. The lowest BCUT2D eigenvalue weighted by Gasteiger charge is -2.29. The van der Waals surface area contributed by atoms with Crippen LogP contribution in [0.25, 0.3) is 0 Å². The van der Waals surface area contributed by atoms with Crippen molar-refractivity contribution in [2.75, 3.05) is 25.2 Å². The fourth-order valence-electron chi connectivity index (χ4n) is 1.87. The number of nitrogens with one attached hydrogen (secondary N) is 1. The van der Waals surface area contributed by atoms with Crippen LogP contribution in [0.3, 0.4) is 0 Å². The summed E-state index contributed by atoms with van der Waals surface area (Å²) in [6.07, 6.45) is 0.480.